The van der Waals surface area contributed by atoms with Crippen LogP contribution < -0.4 is 0 Å². The number of likely N-dealkylation sites (N-methyl/N-ethyl adjacent to an activating group) is 1. The van der Waals surface area contributed by atoms with E-state index in [1.165, 1.54) is 44.9 Å². The Morgan fingerprint density at radius 1 is 0.655 bits per heavy atom. The van der Waals surface area contributed by atoms with Crippen molar-refractivity contribution in [2.24, 2.45) is 0 Å². The standard InChI is InChI=1S/C44H80NO9P/c1-6-8-10-11-12-13-14-15-16-17-18-21-24-27-31-35-43(47)51-39-42(40-53-55(49,50)52-38-37-45(3,4)5)54-44(48)36-32-28-25-22-19-20-23-26-30-34-41(46)33-29-9-7-2/h9,15-16,23,26,29-30,34,41-42,46H,6-8,10-14,17-22,24-25,27-28,31-33,35-40H2,1-5H3/p+1/b16-15-,26-23+,29-9+,34-30+/t41?,42-/m1/s1. The summed E-state index contributed by atoms with van der Waals surface area (Å²) < 4.78 is 34.2. The number of carbonyl (C=O) groups is 2. The molecule has 3 atom stereocenters. The summed E-state index contributed by atoms with van der Waals surface area (Å²) in [6.45, 7) is 4.14. The molecule has 0 spiro atoms. The molecule has 2 N–H and O–H groups in total. The second kappa shape index (κ2) is 36.3. The van der Waals surface area contributed by atoms with Crippen LogP contribution in [0.2, 0.25) is 0 Å². The lowest BCUT2D eigenvalue weighted by atomic mass is 10.1. The third-order valence-corrected chi connectivity index (χ3v) is 9.91. The minimum Gasteiger partial charge on any atom is -0.462 e. The van der Waals surface area contributed by atoms with Gasteiger partial charge < -0.3 is 24.0 Å². The maximum Gasteiger partial charge on any atom is 0.472 e. The lowest BCUT2D eigenvalue weighted by Crippen LogP contribution is -2.37. The fraction of sp³-hybridized carbons (Fsp3) is 0.773. The third kappa shape index (κ3) is 39.9. The van der Waals surface area contributed by atoms with Crippen molar-refractivity contribution < 1.29 is 47.2 Å². The molecule has 0 aliphatic carbocycles. The average molecular weight is 799 g/mol. The molecule has 320 valence electrons. The summed E-state index contributed by atoms with van der Waals surface area (Å²) in [7, 11) is 1.42. The number of hydrogen-bond acceptors (Lipinski definition) is 8. The van der Waals surface area contributed by atoms with Gasteiger partial charge in [0, 0.05) is 12.8 Å². The first-order valence-electron chi connectivity index (χ1n) is 21.5. The van der Waals surface area contributed by atoms with Crippen molar-refractivity contribution in [1.82, 2.24) is 0 Å². The first kappa shape index (κ1) is 52.9. The molecule has 0 rings (SSSR count). The van der Waals surface area contributed by atoms with Gasteiger partial charge in [-0.25, -0.2) is 4.57 Å². The SMILES string of the molecule is CC/C=C/CC(O)/C=C/C=C/CCCCCCCC(=O)O[C@H](COC(=O)CCCCCCC/C=C\CCCCCCCC)COP(=O)(O)OCC[N+](C)(C)C. The van der Waals surface area contributed by atoms with Crippen LogP contribution >= 0.6 is 7.82 Å². The summed E-state index contributed by atoms with van der Waals surface area (Å²) in [6, 6.07) is 0. The number of phosphoric acid groups is 1. The molecule has 0 aliphatic heterocycles. The third-order valence-electron chi connectivity index (χ3n) is 8.92. The number of phosphoric ester groups is 1. The van der Waals surface area contributed by atoms with E-state index in [4.69, 9.17) is 18.5 Å². The van der Waals surface area contributed by atoms with Gasteiger partial charge in [-0.15, -0.1) is 0 Å². The Labute approximate surface area is 336 Å². The van der Waals surface area contributed by atoms with Gasteiger partial charge in [0.05, 0.1) is 33.9 Å². The maximum absolute atomic E-state index is 12.7. The molecule has 11 heteroatoms. The van der Waals surface area contributed by atoms with E-state index in [0.717, 1.165) is 70.6 Å². The Balaban J connectivity index is 4.46. The number of aliphatic hydroxyl groups excluding tert-OH is 1. The molecule has 0 amide bonds. The quantitative estimate of drug-likeness (QED) is 0.0157. The van der Waals surface area contributed by atoms with Crippen LogP contribution in [0.5, 0.6) is 0 Å². The van der Waals surface area contributed by atoms with E-state index in [-0.39, 0.29) is 26.1 Å². The molecule has 0 heterocycles. The summed E-state index contributed by atoms with van der Waals surface area (Å²) in [6.07, 6.45) is 37.7. The normalized spacial score (nSPS) is 14.7. The summed E-state index contributed by atoms with van der Waals surface area (Å²) >= 11 is 0. The molecule has 0 aromatic rings. The molecule has 0 fully saturated rings. The minimum absolute atomic E-state index is 0.0152. The van der Waals surface area contributed by atoms with E-state index < -0.39 is 38.6 Å². The van der Waals surface area contributed by atoms with Crippen molar-refractivity contribution in [3.8, 4) is 0 Å². The number of rotatable bonds is 38. The van der Waals surface area contributed by atoms with Gasteiger partial charge in [0.1, 0.15) is 19.8 Å². The Kier molecular flexibility index (Phi) is 34.9. The van der Waals surface area contributed by atoms with Gasteiger partial charge in [0.2, 0.25) is 0 Å². The van der Waals surface area contributed by atoms with Crippen molar-refractivity contribution in [3.05, 3.63) is 48.6 Å². The fourth-order valence-corrected chi connectivity index (χ4v) is 6.26. The number of carbonyl (C=O) groups excluding carboxylic acids is 2. The number of quaternary nitrogens is 1. The van der Waals surface area contributed by atoms with Crippen LogP contribution in [0, 0.1) is 0 Å². The highest BCUT2D eigenvalue weighted by molar-refractivity contribution is 7.47. The zero-order valence-electron chi connectivity index (χ0n) is 35.5. The maximum atomic E-state index is 12.7. The molecule has 0 aromatic heterocycles. The van der Waals surface area contributed by atoms with Gasteiger partial charge in [-0.1, -0.05) is 133 Å². The summed E-state index contributed by atoms with van der Waals surface area (Å²) in [5.74, 6) is -0.865. The van der Waals surface area contributed by atoms with Crippen LogP contribution in [0.15, 0.2) is 48.6 Å². The minimum atomic E-state index is -4.39. The van der Waals surface area contributed by atoms with Gasteiger partial charge in [0.15, 0.2) is 6.10 Å². The Morgan fingerprint density at radius 3 is 1.78 bits per heavy atom. The Bertz CT molecular complexity index is 1100. The zero-order chi connectivity index (χ0) is 40.9. The van der Waals surface area contributed by atoms with Crippen LogP contribution in [0.1, 0.15) is 162 Å². The average Bonchev–Trinajstić information content (AvgIpc) is 3.12. The van der Waals surface area contributed by atoms with Gasteiger partial charge in [-0.05, 0) is 64.2 Å². The van der Waals surface area contributed by atoms with Crippen molar-refractivity contribution in [3.63, 3.8) is 0 Å². The fourth-order valence-electron chi connectivity index (χ4n) is 5.51. The smallest absolute Gasteiger partial charge is 0.462 e. The zero-order valence-corrected chi connectivity index (χ0v) is 36.4. The van der Waals surface area contributed by atoms with E-state index in [1.807, 2.05) is 45.4 Å². The Morgan fingerprint density at radius 2 is 1.20 bits per heavy atom. The molecule has 10 nitrogen and oxygen atoms in total. The molecule has 0 aliphatic rings. The molecule has 0 bridgehead atoms. The number of aliphatic hydroxyl groups is 1. The molecule has 0 saturated heterocycles. The summed E-state index contributed by atoms with van der Waals surface area (Å²) in [5, 5.41) is 9.88. The van der Waals surface area contributed by atoms with E-state index in [1.54, 1.807) is 6.08 Å². The molecule has 2 unspecified atom stereocenters. The largest absolute Gasteiger partial charge is 0.472 e. The molecule has 0 aromatic carbocycles. The highest BCUT2D eigenvalue weighted by Gasteiger charge is 2.27. The molecule has 0 radical (unpaired) electrons. The predicted octanol–water partition coefficient (Wildman–Crippen LogP) is 10.9. The number of unbranched alkanes of at least 4 members (excludes halogenated alkanes) is 16. The number of esters is 2. The van der Waals surface area contributed by atoms with E-state index in [9.17, 15) is 24.2 Å². The number of allylic oxidation sites excluding steroid dienone is 6. The molecule has 0 saturated carbocycles. The number of nitrogens with zero attached hydrogens (tertiary/aromatic N) is 1. The predicted molar refractivity (Wildman–Crippen MR) is 226 cm³/mol. The topological polar surface area (TPSA) is 129 Å². The van der Waals surface area contributed by atoms with Crippen molar-refractivity contribution in [1.29, 1.82) is 0 Å². The van der Waals surface area contributed by atoms with Crippen LogP contribution in [0.3, 0.4) is 0 Å². The monoisotopic (exact) mass is 799 g/mol. The number of hydrogen-bond donors (Lipinski definition) is 2. The van der Waals surface area contributed by atoms with Gasteiger partial charge >= 0.3 is 19.8 Å². The summed E-state index contributed by atoms with van der Waals surface area (Å²) in [4.78, 5) is 35.3. The van der Waals surface area contributed by atoms with Gasteiger partial charge in [-0.2, -0.15) is 0 Å². The van der Waals surface area contributed by atoms with Crippen LogP contribution in [0.25, 0.3) is 0 Å². The first-order valence-corrected chi connectivity index (χ1v) is 23.0. The second-order valence-electron chi connectivity index (χ2n) is 15.5. The lowest BCUT2D eigenvalue weighted by molar-refractivity contribution is -0.870. The highest BCUT2D eigenvalue weighted by Crippen LogP contribution is 2.43. The van der Waals surface area contributed by atoms with Crippen molar-refractivity contribution in [2.75, 3.05) is 47.5 Å². The number of ether oxygens (including phenoxy) is 2. The van der Waals surface area contributed by atoms with Crippen LogP contribution in [-0.2, 0) is 32.7 Å². The van der Waals surface area contributed by atoms with Crippen LogP contribution in [-0.4, -0.2) is 86.1 Å². The molecular weight excluding hydrogens is 717 g/mol. The van der Waals surface area contributed by atoms with Crippen LogP contribution in [0.4, 0.5) is 0 Å². The van der Waals surface area contributed by atoms with Crippen molar-refractivity contribution in [2.45, 2.75) is 174 Å². The van der Waals surface area contributed by atoms with Gasteiger partial charge in [-0.3, -0.25) is 18.6 Å². The van der Waals surface area contributed by atoms with Crippen molar-refractivity contribution >= 4 is 19.8 Å². The molecular formula is C44H81NO9P+. The molecule has 55 heavy (non-hydrogen) atoms. The first-order chi connectivity index (χ1) is 26.4. The Hall–Kier alpha value is -2.07. The van der Waals surface area contributed by atoms with E-state index in [0.29, 0.717) is 30.3 Å². The van der Waals surface area contributed by atoms with E-state index in [2.05, 4.69) is 32.1 Å². The summed E-state index contributed by atoms with van der Waals surface area (Å²) in [5.41, 5.74) is 0. The van der Waals surface area contributed by atoms with Gasteiger partial charge in [0.25, 0.3) is 0 Å². The second-order valence-corrected chi connectivity index (χ2v) is 17.0. The van der Waals surface area contributed by atoms with E-state index >= 15 is 0 Å². The lowest BCUT2D eigenvalue weighted by Gasteiger charge is -2.24. The highest BCUT2D eigenvalue weighted by atomic mass is 31.2.